The fourth-order valence-electron chi connectivity index (χ4n) is 1.80. The van der Waals surface area contributed by atoms with Crippen molar-refractivity contribution in [1.82, 2.24) is 0 Å². The summed E-state index contributed by atoms with van der Waals surface area (Å²) < 4.78 is 0. The van der Waals surface area contributed by atoms with Crippen LogP contribution in [0.1, 0.15) is 38.5 Å². The number of carboxylic acids is 1. The predicted octanol–water partition coefficient (Wildman–Crippen LogP) is 1.37. The van der Waals surface area contributed by atoms with Crippen molar-refractivity contribution in [3.63, 3.8) is 0 Å². The van der Waals surface area contributed by atoms with Gasteiger partial charge >= 0.3 is 5.97 Å². The van der Waals surface area contributed by atoms with Crippen molar-refractivity contribution >= 4 is 5.97 Å². The van der Waals surface area contributed by atoms with Crippen LogP contribution in [0.3, 0.4) is 0 Å². The molecule has 1 fully saturated rings. The molecule has 70 valence electrons. The summed E-state index contributed by atoms with van der Waals surface area (Å²) >= 11 is 0. The van der Waals surface area contributed by atoms with Crippen LogP contribution in [0.25, 0.3) is 0 Å². The molecule has 0 heterocycles. The molecule has 0 aliphatic heterocycles. The molecule has 0 unspecified atom stereocenters. The normalized spacial score (nSPS) is 30.1. The van der Waals surface area contributed by atoms with Gasteiger partial charge in [0, 0.05) is 12.5 Å². The Morgan fingerprint density at radius 3 is 2.42 bits per heavy atom. The molecular formula is C9H17NO2. The molecule has 0 atom stereocenters. The number of nitrogens with two attached hydrogens (primary N) is 1. The highest BCUT2D eigenvalue weighted by molar-refractivity contribution is 5.66. The molecule has 0 radical (unpaired) electrons. The maximum atomic E-state index is 10.3. The average Bonchev–Trinajstić information content (AvgIpc) is 2.03. The van der Waals surface area contributed by atoms with E-state index >= 15 is 0 Å². The van der Waals surface area contributed by atoms with Gasteiger partial charge in [-0.3, -0.25) is 4.79 Å². The minimum Gasteiger partial charge on any atom is -0.481 e. The molecule has 0 aromatic rings. The number of hydrogen-bond acceptors (Lipinski definition) is 2. The van der Waals surface area contributed by atoms with Gasteiger partial charge < -0.3 is 10.8 Å². The summed E-state index contributed by atoms with van der Waals surface area (Å²) in [5.41, 5.74) is 5.74. The van der Waals surface area contributed by atoms with E-state index in [-0.39, 0.29) is 0 Å². The number of rotatable bonds is 3. The predicted molar refractivity (Wildman–Crippen MR) is 46.8 cm³/mol. The van der Waals surface area contributed by atoms with E-state index in [1.54, 1.807) is 0 Å². The Bertz CT molecular complexity index is 151. The fourth-order valence-corrected chi connectivity index (χ4v) is 1.80. The summed E-state index contributed by atoms with van der Waals surface area (Å²) in [6.45, 7) is 0. The van der Waals surface area contributed by atoms with Crippen LogP contribution in [0.2, 0.25) is 0 Å². The molecule has 0 aromatic carbocycles. The van der Waals surface area contributed by atoms with Gasteiger partial charge in [0.25, 0.3) is 0 Å². The summed E-state index contributed by atoms with van der Waals surface area (Å²) in [4.78, 5) is 10.3. The zero-order valence-corrected chi connectivity index (χ0v) is 7.33. The summed E-state index contributed by atoms with van der Waals surface area (Å²) in [6, 6.07) is 0.367. The van der Waals surface area contributed by atoms with Crippen molar-refractivity contribution in [2.75, 3.05) is 0 Å². The Morgan fingerprint density at radius 2 is 1.92 bits per heavy atom. The maximum absolute atomic E-state index is 10.3. The fraction of sp³-hybridized carbons (Fsp3) is 0.889. The second kappa shape index (κ2) is 4.45. The van der Waals surface area contributed by atoms with E-state index in [2.05, 4.69) is 0 Å². The Morgan fingerprint density at radius 1 is 1.33 bits per heavy atom. The third-order valence-electron chi connectivity index (χ3n) is 2.66. The molecule has 12 heavy (non-hydrogen) atoms. The van der Waals surface area contributed by atoms with E-state index in [4.69, 9.17) is 10.8 Å². The lowest BCUT2D eigenvalue weighted by molar-refractivity contribution is -0.137. The molecule has 3 nitrogen and oxygen atoms in total. The largest absolute Gasteiger partial charge is 0.481 e. The highest BCUT2D eigenvalue weighted by Crippen LogP contribution is 2.26. The summed E-state index contributed by atoms with van der Waals surface area (Å²) in [5.74, 6) is -0.0641. The summed E-state index contributed by atoms with van der Waals surface area (Å²) in [7, 11) is 0. The smallest absolute Gasteiger partial charge is 0.303 e. The first-order valence-electron chi connectivity index (χ1n) is 4.66. The average molecular weight is 171 g/mol. The Labute approximate surface area is 72.9 Å². The third kappa shape index (κ3) is 3.22. The number of carboxylic acid groups (broad SMARTS) is 1. The van der Waals surface area contributed by atoms with E-state index in [1.165, 1.54) is 0 Å². The maximum Gasteiger partial charge on any atom is 0.303 e. The monoisotopic (exact) mass is 171 g/mol. The molecule has 1 aliphatic rings. The number of carbonyl (C=O) groups is 1. The lowest BCUT2D eigenvalue weighted by Gasteiger charge is -2.25. The van der Waals surface area contributed by atoms with Crippen molar-refractivity contribution in [2.24, 2.45) is 11.7 Å². The summed E-state index contributed by atoms with van der Waals surface area (Å²) in [5, 5.41) is 8.47. The van der Waals surface area contributed by atoms with E-state index in [9.17, 15) is 4.79 Å². The van der Waals surface area contributed by atoms with Gasteiger partial charge in [-0.15, -0.1) is 0 Å². The second-order valence-electron chi connectivity index (χ2n) is 3.71. The molecule has 3 heteroatoms. The van der Waals surface area contributed by atoms with Crippen LogP contribution in [0.15, 0.2) is 0 Å². The standard InChI is InChI=1S/C9H17NO2/c10-8-4-1-7(2-5-8)3-6-9(11)12/h7-8H,1-6,10H2,(H,11,12). The van der Waals surface area contributed by atoms with Crippen molar-refractivity contribution in [2.45, 2.75) is 44.6 Å². The molecule has 0 saturated heterocycles. The van der Waals surface area contributed by atoms with Crippen LogP contribution in [0.4, 0.5) is 0 Å². The minimum absolute atomic E-state index is 0.319. The molecule has 1 aliphatic carbocycles. The first kappa shape index (κ1) is 9.52. The number of hydrogen-bond donors (Lipinski definition) is 2. The van der Waals surface area contributed by atoms with Crippen molar-refractivity contribution in [3.05, 3.63) is 0 Å². The zero-order chi connectivity index (χ0) is 8.97. The van der Waals surface area contributed by atoms with Crippen molar-refractivity contribution < 1.29 is 9.90 Å². The Hall–Kier alpha value is -0.570. The van der Waals surface area contributed by atoms with E-state index in [1.807, 2.05) is 0 Å². The topological polar surface area (TPSA) is 63.3 Å². The van der Waals surface area contributed by atoms with Gasteiger partial charge in [-0.2, -0.15) is 0 Å². The molecule has 0 aromatic heterocycles. The number of aliphatic carboxylic acids is 1. The Balaban J connectivity index is 2.13. The van der Waals surface area contributed by atoms with Crippen LogP contribution in [0, 0.1) is 5.92 Å². The molecule has 1 saturated carbocycles. The highest BCUT2D eigenvalue weighted by Gasteiger charge is 2.18. The van der Waals surface area contributed by atoms with Gasteiger partial charge in [0.15, 0.2) is 0 Å². The Kier molecular flexibility index (Phi) is 3.53. The van der Waals surface area contributed by atoms with Crippen LogP contribution in [0.5, 0.6) is 0 Å². The first-order chi connectivity index (χ1) is 5.68. The van der Waals surface area contributed by atoms with E-state index < -0.39 is 5.97 Å². The quantitative estimate of drug-likeness (QED) is 0.674. The minimum atomic E-state index is -0.676. The molecule has 0 amide bonds. The van der Waals surface area contributed by atoms with Gasteiger partial charge in [-0.25, -0.2) is 0 Å². The van der Waals surface area contributed by atoms with E-state index in [0.717, 1.165) is 32.1 Å². The van der Waals surface area contributed by atoms with Crippen molar-refractivity contribution in [1.29, 1.82) is 0 Å². The van der Waals surface area contributed by atoms with Gasteiger partial charge in [0.05, 0.1) is 0 Å². The van der Waals surface area contributed by atoms with Crippen LogP contribution < -0.4 is 5.73 Å². The highest BCUT2D eigenvalue weighted by atomic mass is 16.4. The molecule has 1 rings (SSSR count). The first-order valence-corrected chi connectivity index (χ1v) is 4.66. The van der Waals surface area contributed by atoms with Gasteiger partial charge in [0.1, 0.15) is 0 Å². The van der Waals surface area contributed by atoms with Gasteiger partial charge in [-0.1, -0.05) is 0 Å². The third-order valence-corrected chi connectivity index (χ3v) is 2.66. The molecule has 3 N–H and O–H groups in total. The molecular weight excluding hydrogens is 154 g/mol. The zero-order valence-electron chi connectivity index (χ0n) is 7.33. The molecule has 0 bridgehead atoms. The SMILES string of the molecule is NC1CCC(CCC(=O)O)CC1. The van der Waals surface area contributed by atoms with Gasteiger partial charge in [-0.05, 0) is 38.0 Å². The second-order valence-corrected chi connectivity index (χ2v) is 3.71. The lowest BCUT2D eigenvalue weighted by Crippen LogP contribution is -2.26. The van der Waals surface area contributed by atoms with Crippen molar-refractivity contribution in [3.8, 4) is 0 Å². The molecule has 0 spiro atoms. The summed E-state index contributed by atoms with van der Waals surface area (Å²) in [6.07, 6.45) is 5.54. The van der Waals surface area contributed by atoms with Gasteiger partial charge in [0.2, 0.25) is 0 Å². The van der Waals surface area contributed by atoms with E-state index in [0.29, 0.717) is 18.4 Å². The lowest BCUT2D eigenvalue weighted by atomic mass is 9.84. The van der Waals surface area contributed by atoms with Crippen LogP contribution >= 0.6 is 0 Å². The van der Waals surface area contributed by atoms with Crippen LogP contribution in [-0.2, 0) is 4.79 Å². The van der Waals surface area contributed by atoms with Crippen LogP contribution in [-0.4, -0.2) is 17.1 Å².